The zero-order valence-corrected chi connectivity index (χ0v) is 5.27. The Labute approximate surface area is 52.7 Å². The van der Waals surface area contributed by atoms with E-state index in [0.717, 1.165) is 0 Å². The molecule has 54 valence electrons. The second kappa shape index (κ2) is 1.90. The van der Waals surface area contributed by atoms with E-state index in [1.54, 1.807) is 0 Å². The van der Waals surface area contributed by atoms with E-state index < -0.39 is 17.9 Å². The van der Waals surface area contributed by atoms with Gasteiger partial charge in [0, 0.05) is 0 Å². The van der Waals surface area contributed by atoms with Gasteiger partial charge in [-0.1, -0.05) is 0 Å². The fraction of sp³-hybridized carbons (Fsp3) is 1.00. The molecule has 1 rings (SSSR count). The molecule has 9 heavy (non-hydrogen) atoms. The number of aliphatic hydroxyl groups is 1. The molecule has 0 radical (unpaired) electrons. The number of alkyl halides is 2. The Morgan fingerprint density at radius 2 is 1.89 bits per heavy atom. The van der Waals surface area contributed by atoms with Crippen molar-refractivity contribution in [2.24, 2.45) is 5.41 Å². The Morgan fingerprint density at radius 1 is 1.44 bits per heavy atom. The number of hydrogen-bond donors (Lipinski definition) is 1. The van der Waals surface area contributed by atoms with Crippen LogP contribution in [0.25, 0.3) is 0 Å². The van der Waals surface area contributed by atoms with Gasteiger partial charge < -0.3 is 5.11 Å². The van der Waals surface area contributed by atoms with Crippen LogP contribution in [-0.2, 0) is 0 Å². The van der Waals surface area contributed by atoms with Gasteiger partial charge in [-0.05, 0) is 19.8 Å². The highest BCUT2D eigenvalue weighted by Gasteiger charge is 2.54. The Bertz CT molecular complexity index is 97.6. The lowest BCUT2D eigenvalue weighted by Gasteiger charge is -2.16. The average Bonchev–Trinajstić information content (AvgIpc) is 2.40. The van der Waals surface area contributed by atoms with Gasteiger partial charge in [0.15, 0.2) is 0 Å². The van der Waals surface area contributed by atoms with Crippen molar-refractivity contribution >= 4 is 0 Å². The lowest BCUT2D eigenvalue weighted by molar-refractivity contribution is -0.0173. The average molecular weight is 136 g/mol. The van der Waals surface area contributed by atoms with Gasteiger partial charge in [-0.15, -0.1) is 0 Å². The summed E-state index contributed by atoms with van der Waals surface area (Å²) in [6.45, 7) is 1.43. The highest BCUT2D eigenvalue weighted by atomic mass is 19.3. The van der Waals surface area contributed by atoms with Gasteiger partial charge in [0.2, 0.25) is 6.43 Å². The summed E-state index contributed by atoms with van der Waals surface area (Å²) in [6.07, 6.45) is -2.25. The van der Waals surface area contributed by atoms with Crippen LogP contribution in [0.4, 0.5) is 8.78 Å². The summed E-state index contributed by atoms with van der Waals surface area (Å²) in [6, 6.07) is 0. The predicted octanol–water partition coefficient (Wildman–Crippen LogP) is 1.41. The fourth-order valence-electron chi connectivity index (χ4n) is 0.963. The monoisotopic (exact) mass is 136 g/mol. The van der Waals surface area contributed by atoms with Crippen molar-refractivity contribution in [3.05, 3.63) is 0 Å². The van der Waals surface area contributed by atoms with E-state index in [-0.39, 0.29) is 0 Å². The number of aliphatic hydroxyl groups excluding tert-OH is 1. The Hall–Kier alpha value is -0.180. The van der Waals surface area contributed by atoms with Crippen LogP contribution in [-0.4, -0.2) is 17.6 Å². The zero-order chi connectivity index (χ0) is 7.07. The Morgan fingerprint density at radius 3 is 1.89 bits per heavy atom. The summed E-state index contributed by atoms with van der Waals surface area (Å²) < 4.78 is 23.9. The molecule has 1 nitrogen and oxygen atoms in total. The minimum atomic E-state index is -2.35. The van der Waals surface area contributed by atoms with Gasteiger partial charge in [0.05, 0.1) is 11.5 Å². The van der Waals surface area contributed by atoms with E-state index in [2.05, 4.69) is 0 Å². The molecule has 0 aromatic rings. The summed E-state index contributed by atoms with van der Waals surface area (Å²) in [4.78, 5) is 0. The molecule has 0 amide bonds. The molecule has 1 aliphatic carbocycles. The van der Waals surface area contributed by atoms with Crippen molar-refractivity contribution in [3.63, 3.8) is 0 Å². The molecular weight excluding hydrogens is 126 g/mol. The van der Waals surface area contributed by atoms with E-state index in [0.29, 0.717) is 12.8 Å². The van der Waals surface area contributed by atoms with Crippen LogP contribution >= 0.6 is 0 Å². The van der Waals surface area contributed by atoms with Gasteiger partial charge >= 0.3 is 0 Å². The largest absolute Gasteiger partial charge is 0.393 e. The molecule has 0 spiro atoms. The van der Waals surface area contributed by atoms with E-state index in [1.807, 2.05) is 0 Å². The standard InChI is InChI=1S/C6H10F2O/c1-4(9)6(2-3-6)5(7)8/h4-5,9H,2-3H2,1H3. The van der Waals surface area contributed by atoms with Crippen LogP contribution in [0.1, 0.15) is 19.8 Å². The van der Waals surface area contributed by atoms with Crippen LogP contribution in [0.5, 0.6) is 0 Å². The van der Waals surface area contributed by atoms with E-state index in [9.17, 15) is 8.78 Å². The summed E-state index contributed by atoms with van der Waals surface area (Å²) in [7, 11) is 0. The molecular formula is C6H10F2O. The van der Waals surface area contributed by atoms with Crippen molar-refractivity contribution < 1.29 is 13.9 Å². The zero-order valence-electron chi connectivity index (χ0n) is 5.27. The third-order valence-electron chi connectivity index (χ3n) is 2.09. The molecule has 1 unspecified atom stereocenters. The van der Waals surface area contributed by atoms with E-state index in [1.165, 1.54) is 6.92 Å². The third kappa shape index (κ3) is 0.936. The molecule has 0 saturated heterocycles. The van der Waals surface area contributed by atoms with Crippen molar-refractivity contribution in [2.75, 3.05) is 0 Å². The summed E-state index contributed by atoms with van der Waals surface area (Å²) >= 11 is 0. The molecule has 0 bridgehead atoms. The van der Waals surface area contributed by atoms with E-state index in [4.69, 9.17) is 5.11 Å². The summed E-state index contributed by atoms with van der Waals surface area (Å²) in [5, 5.41) is 8.83. The van der Waals surface area contributed by atoms with Gasteiger partial charge in [-0.2, -0.15) is 0 Å². The minimum absolute atomic E-state index is 0.475. The fourth-order valence-corrected chi connectivity index (χ4v) is 0.963. The smallest absolute Gasteiger partial charge is 0.246 e. The normalized spacial score (nSPS) is 26.3. The lowest BCUT2D eigenvalue weighted by atomic mass is 10.0. The highest BCUT2D eigenvalue weighted by Crippen LogP contribution is 2.53. The van der Waals surface area contributed by atoms with Crippen LogP contribution < -0.4 is 0 Å². The van der Waals surface area contributed by atoms with Gasteiger partial charge in [-0.3, -0.25) is 0 Å². The summed E-state index contributed by atoms with van der Waals surface area (Å²) in [5.41, 5.74) is -1.03. The van der Waals surface area contributed by atoms with E-state index >= 15 is 0 Å². The lowest BCUT2D eigenvalue weighted by Crippen LogP contribution is -2.25. The van der Waals surface area contributed by atoms with Crippen LogP contribution in [0.15, 0.2) is 0 Å². The van der Waals surface area contributed by atoms with Gasteiger partial charge in [0.1, 0.15) is 0 Å². The van der Waals surface area contributed by atoms with Crippen LogP contribution in [0.2, 0.25) is 0 Å². The maximum atomic E-state index is 12.0. The molecule has 1 fully saturated rings. The van der Waals surface area contributed by atoms with Crippen LogP contribution in [0, 0.1) is 5.41 Å². The molecule has 0 aliphatic heterocycles. The van der Waals surface area contributed by atoms with Crippen LogP contribution in [0.3, 0.4) is 0 Å². The number of hydrogen-bond acceptors (Lipinski definition) is 1. The van der Waals surface area contributed by atoms with Crippen molar-refractivity contribution in [2.45, 2.75) is 32.3 Å². The first-order valence-corrected chi connectivity index (χ1v) is 3.06. The maximum absolute atomic E-state index is 12.0. The first-order valence-electron chi connectivity index (χ1n) is 3.06. The van der Waals surface area contributed by atoms with Crippen molar-refractivity contribution in [3.8, 4) is 0 Å². The molecule has 0 heterocycles. The molecule has 0 aromatic carbocycles. The minimum Gasteiger partial charge on any atom is -0.393 e. The predicted molar refractivity (Wildman–Crippen MR) is 29.4 cm³/mol. The number of halogens is 2. The molecule has 1 atom stereocenters. The second-order valence-electron chi connectivity index (χ2n) is 2.71. The molecule has 1 aliphatic rings. The van der Waals surface area contributed by atoms with Gasteiger partial charge in [-0.25, -0.2) is 8.78 Å². The topological polar surface area (TPSA) is 20.2 Å². The number of rotatable bonds is 2. The SMILES string of the molecule is CC(O)C1(C(F)F)CC1. The third-order valence-corrected chi connectivity index (χ3v) is 2.09. The summed E-state index contributed by atoms with van der Waals surface area (Å²) in [5.74, 6) is 0. The van der Waals surface area contributed by atoms with Crippen molar-refractivity contribution in [1.82, 2.24) is 0 Å². The Balaban J connectivity index is 2.52. The second-order valence-corrected chi connectivity index (χ2v) is 2.71. The molecule has 3 heteroatoms. The van der Waals surface area contributed by atoms with Gasteiger partial charge in [0.25, 0.3) is 0 Å². The maximum Gasteiger partial charge on any atom is 0.246 e. The highest BCUT2D eigenvalue weighted by molar-refractivity contribution is 4.99. The quantitative estimate of drug-likeness (QED) is 0.608. The molecule has 1 N–H and O–H groups in total. The molecule has 1 saturated carbocycles. The molecule has 0 aromatic heterocycles. The van der Waals surface area contributed by atoms with Crippen molar-refractivity contribution in [1.29, 1.82) is 0 Å². The first kappa shape index (κ1) is 6.93. The first-order chi connectivity index (χ1) is 4.09. The Kier molecular flexibility index (Phi) is 1.47.